The fourth-order valence-electron chi connectivity index (χ4n) is 2.19. The molecule has 0 fully saturated rings. The van der Waals surface area contributed by atoms with E-state index in [1.54, 1.807) is 18.2 Å². The molecular formula is C16H15ClN4O4. The van der Waals surface area contributed by atoms with E-state index in [4.69, 9.17) is 17.3 Å². The van der Waals surface area contributed by atoms with Crippen LogP contribution in [0.3, 0.4) is 0 Å². The van der Waals surface area contributed by atoms with Crippen molar-refractivity contribution in [3.05, 3.63) is 62.7 Å². The second-order valence-corrected chi connectivity index (χ2v) is 5.63. The van der Waals surface area contributed by atoms with Crippen LogP contribution in [-0.2, 0) is 11.3 Å². The number of halogens is 1. The van der Waals surface area contributed by atoms with Crippen molar-refractivity contribution in [1.82, 2.24) is 0 Å². The Kier molecular flexibility index (Phi) is 5.56. The Bertz CT molecular complexity index is 854. The minimum atomic E-state index is -0.745. The number of carbonyl (C=O) groups is 2. The highest BCUT2D eigenvalue weighted by Gasteiger charge is 2.17. The summed E-state index contributed by atoms with van der Waals surface area (Å²) in [6, 6.07) is 8.83. The zero-order chi connectivity index (χ0) is 18.6. The SMILES string of the molecule is CC(=O)Nc1ccc(Cl)cc1NCc1ccc(C(N)=O)cc1[N+](=O)[O-]. The smallest absolute Gasteiger partial charge is 0.275 e. The van der Waals surface area contributed by atoms with Crippen LogP contribution in [-0.4, -0.2) is 16.7 Å². The molecule has 0 bridgehead atoms. The first kappa shape index (κ1) is 18.2. The van der Waals surface area contributed by atoms with Crippen molar-refractivity contribution in [3.63, 3.8) is 0 Å². The summed E-state index contributed by atoms with van der Waals surface area (Å²) in [6.45, 7) is 1.45. The van der Waals surface area contributed by atoms with E-state index in [0.717, 1.165) is 6.07 Å². The molecule has 0 saturated heterocycles. The maximum atomic E-state index is 11.3. The van der Waals surface area contributed by atoms with Gasteiger partial charge in [0, 0.05) is 35.7 Å². The molecule has 2 aromatic carbocycles. The van der Waals surface area contributed by atoms with Gasteiger partial charge in [-0.3, -0.25) is 19.7 Å². The first-order valence-electron chi connectivity index (χ1n) is 7.16. The van der Waals surface area contributed by atoms with E-state index in [0.29, 0.717) is 22.0 Å². The molecule has 0 aliphatic rings. The van der Waals surface area contributed by atoms with E-state index in [1.165, 1.54) is 19.1 Å². The number of anilines is 2. The van der Waals surface area contributed by atoms with Gasteiger partial charge < -0.3 is 16.4 Å². The third-order valence-corrected chi connectivity index (χ3v) is 3.56. The largest absolute Gasteiger partial charge is 0.379 e. The molecule has 2 rings (SSSR count). The Labute approximate surface area is 148 Å². The third kappa shape index (κ3) is 4.67. The highest BCUT2D eigenvalue weighted by molar-refractivity contribution is 6.31. The van der Waals surface area contributed by atoms with Crippen molar-refractivity contribution in [1.29, 1.82) is 0 Å². The normalized spacial score (nSPS) is 10.2. The van der Waals surface area contributed by atoms with E-state index in [-0.39, 0.29) is 23.7 Å². The van der Waals surface area contributed by atoms with Crippen molar-refractivity contribution in [2.75, 3.05) is 10.6 Å². The summed E-state index contributed by atoms with van der Waals surface area (Å²) in [6.07, 6.45) is 0. The van der Waals surface area contributed by atoms with Crippen molar-refractivity contribution < 1.29 is 14.5 Å². The first-order chi connectivity index (χ1) is 11.8. The number of benzene rings is 2. The number of rotatable bonds is 6. The summed E-state index contributed by atoms with van der Waals surface area (Å²) in [4.78, 5) is 33.1. The van der Waals surface area contributed by atoms with Crippen LogP contribution in [0.2, 0.25) is 5.02 Å². The topological polar surface area (TPSA) is 127 Å². The lowest BCUT2D eigenvalue weighted by Gasteiger charge is -2.13. The molecule has 2 amide bonds. The molecule has 4 N–H and O–H groups in total. The molecule has 0 aromatic heterocycles. The summed E-state index contributed by atoms with van der Waals surface area (Å²) in [5.74, 6) is -1.01. The Morgan fingerprint density at radius 1 is 1.20 bits per heavy atom. The second-order valence-electron chi connectivity index (χ2n) is 5.19. The zero-order valence-corrected chi connectivity index (χ0v) is 14.0. The average Bonchev–Trinajstić information content (AvgIpc) is 2.54. The van der Waals surface area contributed by atoms with Crippen molar-refractivity contribution in [2.45, 2.75) is 13.5 Å². The van der Waals surface area contributed by atoms with E-state index in [2.05, 4.69) is 10.6 Å². The maximum absolute atomic E-state index is 11.3. The number of primary amides is 1. The second kappa shape index (κ2) is 7.63. The fraction of sp³-hybridized carbons (Fsp3) is 0.125. The van der Waals surface area contributed by atoms with Crippen LogP contribution in [0.1, 0.15) is 22.8 Å². The van der Waals surface area contributed by atoms with Crippen molar-refractivity contribution >= 4 is 40.5 Å². The molecule has 9 heteroatoms. The predicted octanol–water partition coefficient (Wildman–Crippen LogP) is 2.92. The number of nitro groups is 1. The Hall–Kier alpha value is -3.13. The number of nitrogens with zero attached hydrogens (tertiary/aromatic N) is 1. The maximum Gasteiger partial charge on any atom is 0.275 e. The number of nitrogens with two attached hydrogens (primary N) is 1. The van der Waals surface area contributed by atoms with Crippen LogP contribution in [0.15, 0.2) is 36.4 Å². The number of nitro benzene ring substituents is 1. The van der Waals surface area contributed by atoms with Gasteiger partial charge in [-0.2, -0.15) is 0 Å². The summed E-state index contributed by atoms with van der Waals surface area (Å²) >= 11 is 5.96. The van der Waals surface area contributed by atoms with Crippen LogP contribution < -0.4 is 16.4 Å². The van der Waals surface area contributed by atoms with Gasteiger partial charge in [-0.25, -0.2) is 0 Å². The highest BCUT2D eigenvalue weighted by Crippen LogP contribution is 2.28. The number of nitrogens with one attached hydrogen (secondary N) is 2. The van der Waals surface area contributed by atoms with Gasteiger partial charge >= 0.3 is 0 Å². The van der Waals surface area contributed by atoms with E-state index >= 15 is 0 Å². The van der Waals surface area contributed by atoms with Crippen LogP contribution in [0.25, 0.3) is 0 Å². The molecule has 0 radical (unpaired) electrons. The molecule has 130 valence electrons. The quantitative estimate of drug-likeness (QED) is 0.537. The number of hydrogen-bond donors (Lipinski definition) is 3. The minimum absolute atomic E-state index is 0.0529. The highest BCUT2D eigenvalue weighted by atomic mass is 35.5. The fourth-order valence-corrected chi connectivity index (χ4v) is 2.36. The summed E-state index contributed by atoms with van der Waals surface area (Å²) < 4.78 is 0. The standard InChI is InChI=1S/C16H15ClN4O4/c1-9(22)20-13-5-4-12(17)7-14(13)19-8-11-3-2-10(16(18)23)6-15(11)21(24)25/h2-7,19H,8H2,1H3,(H2,18,23)(H,20,22). The van der Waals surface area contributed by atoms with Crippen molar-refractivity contribution in [2.24, 2.45) is 5.73 Å². The molecule has 0 spiro atoms. The summed E-state index contributed by atoms with van der Waals surface area (Å²) in [5, 5.41) is 17.3. The summed E-state index contributed by atoms with van der Waals surface area (Å²) in [5.41, 5.74) is 6.33. The van der Waals surface area contributed by atoms with Gasteiger partial charge in [0.1, 0.15) is 0 Å². The molecule has 0 unspecified atom stereocenters. The molecule has 2 aromatic rings. The molecular weight excluding hydrogens is 348 g/mol. The van der Waals surface area contributed by atoms with Crippen LogP contribution >= 0.6 is 11.6 Å². The number of hydrogen-bond acceptors (Lipinski definition) is 5. The lowest BCUT2D eigenvalue weighted by molar-refractivity contribution is -0.385. The molecule has 8 nitrogen and oxygen atoms in total. The van der Waals surface area contributed by atoms with Crippen molar-refractivity contribution in [3.8, 4) is 0 Å². The molecule has 0 atom stereocenters. The van der Waals surface area contributed by atoms with Crippen LogP contribution in [0.5, 0.6) is 0 Å². The Morgan fingerprint density at radius 2 is 1.92 bits per heavy atom. The first-order valence-corrected chi connectivity index (χ1v) is 7.54. The van der Waals surface area contributed by atoms with Crippen LogP contribution in [0.4, 0.5) is 17.1 Å². The zero-order valence-electron chi connectivity index (χ0n) is 13.2. The summed E-state index contributed by atoms with van der Waals surface area (Å²) in [7, 11) is 0. The van der Waals surface area contributed by atoms with Gasteiger partial charge in [0.25, 0.3) is 5.69 Å². The number of carbonyl (C=O) groups excluding carboxylic acids is 2. The lowest BCUT2D eigenvalue weighted by atomic mass is 10.1. The molecule has 0 saturated carbocycles. The predicted molar refractivity (Wildman–Crippen MR) is 94.7 cm³/mol. The van der Waals surface area contributed by atoms with Gasteiger partial charge in [-0.15, -0.1) is 0 Å². The van der Waals surface area contributed by atoms with Gasteiger partial charge in [-0.05, 0) is 30.3 Å². The van der Waals surface area contributed by atoms with E-state index in [1.807, 2.05) is 0 Å². The minimum Gasteiger partial charge on any atom is -0.379 e. The van der Waals surface area contributed by atoms with Gasteiger partial charge in [0.05, 0.1) is 16.3 Å². The Balaban J connectivity index is 2.30. The van der Waals surface area contributed by atoms with Crippen LogP contribution in [0, 0.1) is 10.1 Å². The van der Waals surface area contributed by atoms with Gasteiger partial charge in [0.15, 0.2) is 0 Å². The molecule has 0 aliphatic heterocycles. The van der Waals surface area contributed by atoms with E-state index in [9.17, 15) is 19.7 Å². The van der Waals surface area contributed by atoms with Gasteiger partial charge in [-0.1, -0.05) is 11.6 Å². The lowest BCUT2D eigenvalue weighted by Crippen LogP contribution is -2.13. The average molecular weight is 363 g/mol. The van der Waals surface area contributed by atoms with E-state index < -0.39 is 10.8 Å². The monoisotopic (exact) mass is 362 g/mol. The molecule has 0 heterocycles. The van der Waals surface area contributed by atoms with Gasteiger partial charge in [0.2, 0.25) is 11.8 Å². The Morgan fingerprint density at radius 3 is 2.52 bits per heavy atom. The third-order valence-electron chi connectivity index (χ3n) is 3.33. The molecule has 25 heavy (non-hydrogen) atoms. The molecule has 0 aliphatic carbocycles. The number of amides is 2.